The molecule has 100 valence electrons. The SMILES string of the molecule is CC1(C)S/C(=N/N=C/c2ccc([N+](=O)[O-])o2)NC1=O. The minimum absolute atomic E-state index is 0.139. The summed E-state index contributed by atoms with van der Waals surface area (Å²) in [6.07, 6.45) is 1.23. The number of nitrogens with one attached hydrogen (secondary N) is 1. The van der Waals surface area contributed by atoms with Crippen LogP contribution in [0.3, 0.4) is 0 Å². The van der Waals surface area contributed by atoms with Crippen LogP contribution in [0.4, 0.5) is 5.88 Å². The summed E-state index contributed by atoms with van der Waals surface area (Å²) in [5, 5.41) is 20.9. The lowest BCUT2D eigenvalue weighted by Gasteiger charge is -2.08. The monoisotopic (exact) mass is 282 g/mol. The summed E-state index contributed by atoms with van der Waals surface area (Å²) in [7, 11) is 0. The average Bonchev–Trinajstić information content (AvgIpc) is 2.85. The molecule has 0 saturated carbocycles. The molecule has 8 nitrogen and oxygen atoms in total. The number of amidine groups is 1. The molecule has 9 heteroatoms. The van der Waals surface area contributed by atoms with Gasteiger partial charge < -0.3 is 9.73 Å². The fourth-order valence-electron chi connectivity index (χ4n) is 1.25. The Morgan fingerprint density at radius 2 is 2.26 bits per heavy atom. The molecule has 19 heavy (non-hydrogen) atoms. The maximum absolute atomic E-state index is 11.5. The van der Waals surface area contributed by atoms with Gasteiger partial charge in [-0.1, -0.05) is 11.8 Å². The van der Waals surface area contributed by atoms with Gasteiger partial charge in [-0.25, -0.2) is 0 Å². The lowest BCUT2D eigenvalue weighted by Crippen LogP contribution is -2.30. The van der Waals surface area contributed by atoms with Gasteiger partial charge in [-0.15, -0.1) is 5.10 Å². The first-order valence-electron chi connectivity index (χ1n) is 5.24. The van der Waals surface area contributed by atoms with Crippen molar-refractivity contribution in [2.24, 2.45) is 10.2 Å². The van der Waals surface area contributed by atoms with Crippen molar-refractivity contribution < 1.29 is 14.1 Å². The molecule has 1 aromatic heterocycles. The molecule has 1 saturated heterocycles. The van der Waals surface area contributed by atoms with Crippen molar-refractivity contribution in [2.45, 2.75) is 18.6 Å². The summed E-state index contributed by atoms with van der Waals surface area (Å²) in [5.74, 6) is -0.288. The normalized spacial score (nSPS) is 20.1. The lowest BCUT2D eigenvalue weighted by atomic mass is 10.2. The van der Waals surface area contributed by atoms with Crippen molar-refractivity contribution in [1.29, 1.82) is 0 Å². The molecular weight excluding hydrogens is 272 g/mol. The molecular formula is C10H10N4O4S. The molecule has 1 aromatic rings. The van der Waals surface area contributed by atoms with E-state index in [1.54, 1.807) is 13.8 Å². The Bertz CT molecular complexity index is 590. The Kier molecular flexibility index (Phi) is 3.38. The maximum Gasteiger partial charge on any atom is 0.433 e. The van der Waals surface area contributed by atoms with E-state index in [4.69, 9.17) is 4.42 Å². The minimum atomic E-state index is -0.640. The molecule has 0 radical (unpaired) electrons. The van der Waals surface area contributed by atoms with Gasteiger partial charge in [0, 0.05) is 0 Å². The van der Waals surface area contributed by atoms with E-state index in [1.807, 2.05) is 0 Å². The second-order valence-corrected chi connectivity index (χ2v) is 5.76. The number of carbonyl (C=O) groups excluding carboxylic acids is 1. The van der Waals surface area contributed by atoms with Crippen LogP contribution in [0.25, 0.3) is 0 Å². The summed E-state index contributed by atoms with van der Waals surface area (Å²) in [6, 6.07) is 2.63. The zero-order valence-electron chi connectivity index (χ0n) is 10.1. The highest BCUT2D eigenvalue weighted by Crippen LogP contribution is 2.30. The second kappa shape index (κ2) is 4.84. The average molecular weight is 282 g/mol. The number of amides is 1. The van der Waals surface area contributed by atoms with Gasteiger partial charge in [0.2, 0.25) is 5.91 Å². The van der Waals surface area contributed by atoms with Gasteiger partial charge in [0.15, 0.2) is 10.9 Å². The number of nitro groups is 1. The van der Waals surface area contributed by atoms with Crippen LogP contribution in [0, 0.1) is 10.1 Å². The van der Waals surface area contributed by atoms with Crippen LogP contribution in [0.5, 0.6) is 0 Å². The zero-order chi connectivity index (χ0) is 14.0. The third kappa shape index (κ3) is 2.99. The number of rotatable bonds is 3. The molecule has 0 unspecified atom stereocenters. The lowest BCUT2D eigenvalue weighted by molar-refractivity contribution is -0.402. The van der Waals surface area contributed by atoms with Crippen LogP contribution in [0.15, 0.2) is 26.8 Å². The predicted octanol–water partition coefficient (Wildman–Crippen LogP) is 1.52. The number of thioether (sulfide) groups is 1. The molecule has 0 aromatic carbocycles. The summed E-state index contributed by atoms with van der Waals surface area (Å²) < 4.78 is 4.29. The van der Waals surface area contributed by atoms with E-state index >= 15 is 0 Å². The fourth-order valence-corrected chi connectivity index (χ4v) is 2.11. The van der Waals surface area contributed by atoms with Crippen molar-refractivity contribution in [3.63, 3.8) is 0 Å². The van der Waals surface area contributed by atoms with Gasteiger partial charge >= 0.3 is 5.88 Å². The Hall–Kier alpha value is -2.16. The Morgan fingerprint density at radius 3 is 2.79 bits per heavy atom. The van der Waals surface area contributed by atoms with Crippen LogP contribution in [0.1, 0.15) is 19.6 Å². The topological polar surface area (TPSA) is 110 Å². The van der Waals surface area contributed by atoms with Crippen LogP contribution in [0.2, 0.25) is 0 Å². The van der Waals surface area contributed by atoms with Crippen molar-refractivity contribution in [3.8, 4) is 0 Å². The number of hydrogen-bond acceptors (Lipinski definition) is 7. The van der Waals surface area contributed by atoms with Gasteiger partial charge in [-0.2, -0.15) is 5.10 Å². The van der Waals surface area contributed by atoms with Gasteiger partial charge in [-0.3, -0.25) is 14.9 Å². The number of furan rings is 1. The highest BCUT2D eigenvalue weighted by atomic mass is 32.2. The molecule has 0 bridgehead atoms. The smallest absolute Gasteiger partial charge is 0.400 e. The van der Waals surface area contributed by atoms with Crippen LogP contribution in [-0.2, 0) is 4.79 Å². The van der Waals surface area contributed by atoms with Crippen LogP contribution < -0.4 is 5.32 Å². The van der Waals surface area contributed by atoms with Crippen LogP contribution in [-0.4, -0.2) is 27.0 Å². The van der Waals surface area contributed by atoms with Crippen molar-refractivity contribution in [3.05, 3.63) is 28.0 Å². The summed E-state index contributed by atoms with van der Waals surface area (Å²) >= 11 is 1.26. The highest BCUT2D eigenvalue weighted by Gasteiger charge is 2.38. The third-order valence-electron chi connectivity index (χ3n) is 2.25. The third-order valence-corrected chi connectivity index (χ3v) is 3.32. The van der Waals surface area contributed by atoms with E-state index in [1.165, 1.54) is 30.1 Å². The first-order valence-corrected chi connectivity index (χ1v) is 6.06. The summed E-state index contributed by atoms with van der Waals surface area (Å²) in [6.45, 7) is 3.55. The standard InChI is InChI=1S/C10H10N4O4S/c1-10(2)8(15)12-9(19-10)13-11-5-6-3-4-7(18-6)14(16)17/h3-5H,1-2H3,(H,12,13,15)/b11-5+. The van der Waals surface area contributed by atoms with Crippen molar-refractivity contribution >= 4 is 34.9 Å². The van der Waals surface area contributed by atoms with Crippen molar-refractivity contribution in [2.75, 3.05) is 0 Å². The quantitative estimate of drug-likeness (QED) is 0.513. The molecule has 1 N–H and O–H groups in total. The largest absolute Gasteiger partial charge is 0.433 e. The summed E-state index contributed by atoms with van der Waals surface area (Å²) in [5.41, 5.74) is 0. The van der Waals surface area contributed by atoms with Crippen LogP contribution >= 0.6 is 11.8 Å². The molecule has 1 fully saturated rings. The molecule has 1 aliphatic rings. The zero-order valence-corrected chi connectivity index (χ0v) is 10.9. The fraction of sp³-hybridized carbons (Fsp3) is 0.300. The second-order valence-electron chi connectivity index (χ2n) is 4.15. The van der Waals surface area contributed by atoms with E-state index in [0.717, 1.165) is 0 Å². The molecule has 0 atom stereocenters. The van der Waals surface area contributed by atoms with Gasteiger partial charge in [-0.05, 0) is 19.9 Å². The van der Waals surface area contributed by atoms with E-state index in [0.29, 0.717) is 5.17 Å². The van der Waals surface area contributed by atoms with E-state index in [-0.39, 0.29) is 17.6 Å². The molecule has 1 aliphatic heterocycles. The predicted molar refractivity (Wildman–Crippen MR) is 70.2 cm³/mol. The van der Waals surface area contributed by atoms with Gasteiger partial charge in [0.1, 0.15) is 4.92 Å². The molecule has 2 heterocycles. The highest BCUT2D eigenvalue weighted by molar-refractivity contribution is 8.16. The number of hydrogen-bond donors (Lipinski definition) is 1. The Labute approximate surface area is 112 Å². The van der Waals surface area contributed by atoms with E-state index in [2.05, 4.69) is 15.5 Å². The van der Waals surface area contributed by atoms with Crippen molar-refractivity contribution in [1.82, 2.24) is 5.32 Å². The first kappa shape index (κ1) is 13.3. The molecule has 0 spiro atoms. The first-order chi connectivity index (χ1) is 8.88. The minimum Gasteiger partial charge on any atom is -0.400 e. The Balaban J connectivity index is 2.04. The van der Waals surface area contributed by atoms with E-state index in [9.17, 15) is 14.9 Å². The molecule has 2 rings (SSSR count). The van der Waals surface area contributed by atoms with Gasteiger partial charge in [0.05, 0.1) is 17.0 Å². The molecule has 1 amide bonds. The summed E-state index contributed by atoms with van der Waals surface area (Å²) in [4.78, 5) is 21.2. The molecule has 0 aliphatic carbocycles. The van der Waals surface area contributed by atoms with Gasteiger partial charge in [0.25, 0.3) is 0 Å². The maximum atomic E-state index is 11.5. The van der Waals surface area contributed by atoms with E-state index < -0.39 is 9.67 Å². The Morgan fingerprint density at radius 1 is 1.53 bits per heavy atom. The number of carbonyl (C=O) groups is 1. The number of nitrogens with zero attached hydrogens (tertiary/aromatic N) is 3.